The summed E-state index contributed by atoms with van der Waals surface area (Å²) in [6, 6.07) is 0. The van der Waals surface area contributed by atoms with Gasteiger partial charge in [-0.2, -0.15) is 0 Å². The van der Waals surface area contributed by atoms with Gasteiger partial charge in [-0.05, 0) is 50.4 Å². The second-order valence-electron chi connectivity index (χ2n) is 13.2. The normalized spacial score (nSPS) is 20.2. The number of hydrogen-bond donors (Lipinski definition) is 2. The van der Waals surface area contributed by atoms with Gasteiger partial charge in [-0.15, -0.1) is 0 Å². The number of hydrogen-bond acceptors (Lipinski definition) is 4. The summed E-state index contributed by atoms with van der Waals surface area (Å²) in [5, 5.41) is 19.9. The fourth-order valence-electron chi connectivity index (χ4n) is 5.30. The maximum atomic E-state index is 11.3. The first-order valence-corrected chi connectivity index (χ1v) is 15.5. The van der Waals surface area contributed by atoms with Gasteiger partial charge in [0.15, 0.2) is 0 Å². The van der Waals surface area contributed by atoms with Crippen LogP contribution >= 0.6 is 0 Å². The minimum Gasteiger partial charge on any atom is -0.390 e. The quantitative estimate of drug-likeness (QED) is 0.417. The third kappa shape index (κ3) is 13.8. The SMILES string of the molecule is CC(C)C(=O)N(C)C.CC(C)C(=O)N1CCCC1.CC(C)C1(O)CCCCC1.CC(C)C1(O)CCCCC1. The van der Waals surface area contributed by atoms with Crippen LogP contribution in [0.5, 0.6) is 0 Å². The summed E-state index contributed by atoms with van der Waals surface area (Å²) in [5.74, 6) is 1.69. The molecule has 3 aliphatic rings. The van der Waals surface area contributed by atoms with E-state index in [-0.39, 0.29) is 28.9 Å². The highest BCUT2D eigenvalue weighted by atomic mass is 16.3. The number of carbonyl (C=O) groups is 2. The molecule has 0 atom stereocenters. The fourth-order valence-corrected chi connectivity index (χ4v) is 5.30. The minimum atomic E-state index is -0.321. The number of likely N-dealkylation sites (tertiary alicyclic amines) is 1. The molecule has 0 aromatic heterocycles. The zero-order valence-electron chi connectivity index (χ0n) is 26.8. The topological polar surface area (TPSA) is 81.1 Å². The molecule has 0 radical (unpaired) electrons. The molecule has 2 N–H and O–H groups in total. The molecule has 0 bridgehead atoms. The molecule has 0 unspecified atom stereocenters. The first kappa shape index (κ1) is 36.9. The average Bonchev–Trinajstić information content (AvgIpc) is 3.40. The summed E-state index contributed by atoms with van der Waals surface area (Å²) < 4.78 is 0. The molecule has 38 heavy (non-hydrogen) atoms. The predicted molar refractivity (Wildman–Crippen MR) is 160 cm³/mol. The number of rotatable bonds is 4. The van der Waals surface area contributed by atoms with Crippen molar-refractivity contribution in [2.45, 2.75) is 144 Å². The lowest BCUT2D eigenvalue weighted by Crippen LogP contribution is -2.36. The van der Waals surface area contributed by atoms with Crippen LogP contribution in [0.1, 0.15) is 132 Å². The Morgan fingerprint density at radius 1 is 0.605 bits per heavy atom. The molecule has 6 nitrogen and oxygen atoms in total. The Labute approximate surface area is 235 Å². The highest BCUT2D eigenvalue weighted by Crippen LogP contribution is 2.34. The molecule has 1 heterocycles. The smallest absolute Gasteiger partial charge is 0.225 e. The standard InChI is InChI=1S/2C9H18O.C8H15NO.C6H13NO/c2*1-8(2)9(10)6-4-3-5-7-9;1-7(2)8(10)9-5-3-4-6-9;1-5(2)6(8)7(3)4/h2*8,10H,3-7H2,1-2H3;7H,3-6H2,1-2H3;5H,1-4H3. The van der Waals surface area contributed by atoms with Crippen LogP contribution in [0.4, 0.5) is 0 Å². The Hall–Kier alpha value is -1.14. The molecule has 0 aromatic rings. The van der Waals surface area contributed by atoms with Crippen molar-refractivity contribution in [3.8, 4) is 0 Å². The Kier molecular flexibility index (Phi) is 17.7. The molecular formula is C32H64N2O4. The van der Waals surface area contributed by atoms with Gasteiger partial charge in [0.1, 0.15) is 0 Å². The van der Waals surface area contributed by atoms with Gasteiger partial charge in [-0.1, -0.05) is 93.9 Å². The fraction of sp³-hybridized carbons (Fsp3) is 0.938. The number of amides is 2. The van der Waals surface area contributed by atoms with Crippen LogP contribution < -0.4 is 0 Å². The molecule has 0 aromatic carbocycles. The van der Waals surface area contributed by atoms with E-state index in [0.717, 1.165) is 38.8 Å². The van der Waals surface area contributed by atoms with E-state index in [0.29, 0.717) is 17.7 Å². The van der Waals surface area contributed by atoms with Gasteiger partial charge in [0.2, 0.25) is 11.8 Å². The third-order valence-corrected chi connectivity index (χ3v) is 8.43. The molecule has 2 saturated carbocycles. The van der Waals surface area contributed by atoms with Gasteiger partial charge in [0.05, 0.1) is 11.2 Å². The highest BCUT2D eigenvalue weighted by molar-refractivity contribution is 5.78. The zero-order chi connectivity index (χ0) is 29.5. The molecule has 6 heteroatoms. The molecule has 2 amide bonds. The first-order chi connectivity index (χ1) is 17.6. The lowest BCUT2D eigenvalue weighted by Gasteiger charge is -2.35. The molecule has 3 fully saturated rings. The molecular weight excluding hydrogens is 476 g/mol. The van der Waals surface area contributed by atoms with E-state index in [1.165, 1.54) is 51.4 Å². The minimum absolute atomic E-state index is 0.130. The van der Waals surface area contributed by atoms with Crippen molar-refractivity contribution in [1.29, 1.82) is 0 Å². The summed E-state index contributed by atoms with van der Waals surface area (Å²) in [7, 11) is 3.53. The van der Waals surface area contributed by atoms with Crippen molar-refractivity contribution in [3.05, 3.63) is 0 Å². The molecule has 3 rings (SSSR count). The molecule has 2 aliphatic carbocycles. The van der Waals surface area contributed by atoms with Crippen molar-refractivity contribution in [1.82, 2.24) is 9.80 Å². The van der Waals surface area contributed by atoms with Crippen LogP contribution in [0.3, 0.4) is 0 Å². The van der Waals surface area contributed by atoms with E-state index in [1.807, 2.05) is 32.6 Å². The largest absolute Gasteiger partial charge is 0.390 e. The lowest BCUT2D eigenvalue weighted by atomic mass is 9.77. The number of aliphatic hydroxyl groups is 2. The maximum absolute atomic E-state index is 11.3. The summed E-state index contributed by atoms with van der Waals surface area (Å²) in [6.45, 7) is 18.1. The zero-order valence-corrected chi connectivity index (χ0v) is 26.8. The Morgan fingerprint density at radius 3 is 1.13 bits per heavy atom. The Morgan fingerprint density at radius 2 is 0.947 bits per heavy atom. The molecule has 1 aliphatic heterocycles. The lowest BCUT2D eigenvalue weighted by molar-refractivity contribution is -0.133. The van der Waals surface area contributed by atoms with Gasteiger partial charge < -0.3 is 20.0 Å². The highest BCUT2D eigenvalue weighted by Gasteiger charge is 2.32. The molecule has 226 valence electrons. The van der Waals surface area contributed by atoms with Crippen LogP contribution in [0.15, 0.2) is 0 Å². The number of carbonyl (C=O) groups excluding carboxylic acids is 2. The maximum Gasteiger partial charge on any atom is 0.225 e. The van der Waals surface area contributed by atoms with Crippen LogP contribution in [-0.2, 0) is 9.59 Å². The van der Waals surface area contributed by atoms with Crippen LogP contribution in [-0.4, -0.2) is 70.2 Å². The summed E-state index contributed by atoms with van der Waals surface area (Å²) >= 11 is 0. The van der Waals surface area contributed by atoms with E-state index in [4.69, 9.17) is 0 Å². The summed E-state index contributed by atoms with van der Waals surface area (Å²) in [6.07, 6.45) is 14.0. The van der Waals surface area contributed by atoms with E-state index < -0.39 is 0 Å². The van der Waals surface area contributed by atoms with E-state index in [9.17, 15) is 19.8 Å². The predicted octanol–water partition coefficient (Wildman–Crippen LogP) is 6.67. The van der Waals surface area contributed by atoms with Gasteiger partial charge in [0.25, 0.3) is 0 Å². The second kappa shape index (κ2) is 18.3. The van der Waals surface area contributed by atoms with Crippen LogP contribution in [0, 0.1) is 23.7 Å². The average molecular weight is 541 g/mol. The van der Waals surface area contributed by atoms with Gasteiger partial charge in [-0.3, -0.25) is 9.59 Å². The Balaban J connectivity index is 0.000000483. The third-order valence-electron chi connectivity index (χ3n) is 8.43. The van der Waals surface area contributed by atoms with E-state index in [1.54, 1.807) is 19.0 Å². The van der Waals surface area contributed by atoms with Gasteiger partial charge in [-0.25, -0.2) is 0 Å². The van der Waals surface area contributed by atoms with Crippen molar-refractivity contribution in [2.75, 3.05) is 27.2 Å². The summed E-state index contributed by atoms with van der Waals surface area (Å²) in [4.78, 5) is 25.6. The van der Waals surface area contributed by atoms with Crippen molar-refractivity contribution in [2.24, 2.45) is 23.7 Å². The first-order valence-electron chi connectivity index (χ1n) is 15.5. The van der Waals surface area contributed by atoms with Gasteiger partial charge in [0, 0.05) is 39.0 Å². The van der Waals surface area contributed by atoms with Crippen molar-refractivity contribution in [3.63, 3.8) is 0 Å². The van der Waals surface area contributed by atoms with Crippen LogP contribution in [0.25, 0.3) is 0 Å². The molecule has 0 spiro atoms. The molecule has 1 saturated heterocycles. The van der Waals surface area contributed by atoms with E-state index in [2.05, 4.69) is 27.7 Å². The monoisotopic (exact) mass is 540 g/mol. The van der Waals surface area contributed by atoms with Gasteiger partial charge >= 0.3 is 0 Å². The van der Waals surface area contributed by atoms with Crippen molar-refractivity contribution >= 4 is 11.8 Å². The van der Waals surface area contributed by atoms with E-state index >= 15 is 0 Å². The van der Waals surface area contributed by atoms with Crippen LogP contribution in [0.2, 0.25) is 0 Å². The summed E-state index contributed by atoms with van der Waals surface area (Å²) in [5.41, 5.74) is -0.642. The van der Waals surface area contributed by atoms with Crippen molar-refractivity contribution < 1.29 is 19.8 Å². The second-order valence-corrected chi connectivity index (χ2v) is 13.2. The number of nitrogens with zero attached hydrogens (tertiary/aromatic N) is 2. The Bertz CT molecular complexity index is 602.